The molecule has 14 heavy (non-hydrogen) atoms. The highest BCUT2D eigenvalue weighted by molar-refractivity contribution is 7.90. The summed E-state index contributed by atoms with van der Waals surface area (Å²) in [5, 5.41) is 0. The van der Waals surface area contributed by atoms with Crippen molar-refractivity contribution in [3.8, 4) is 0 Å². The Kier molecular flexibility index (Phi) is 3.26. The molecule has 1 atom stereocenters. The first-order valence-electron chi connectivity index (χ1n) is 4.60. The summed E-state index contributed by atoms with van der Waals surface area (Å²) in [6, 6.07) is 1.70. The van der Waals surface area contributed by atoms with Gasteiger partial charge in [0.1, 0.15) is 0 Å². The molecule has 0 N–H and O–H groups in total. The van der Waals surface area contributed by atoms with Crippen molar-refractivity contribution >= 4 is 9.84 Å². The molecule has 0 saturated heterocycles. The van der Waals surface area contributed by atoms with Gasteiger partial charge < -0.3 is 0 Å². The van der Waals surface area contributed by atoms with Crippen LogP contribution in [0.25, 0.3) is 0 Å². The largest absolute Gasteiger partial charge is 0.263 e. The molecule has 0 fully saturated rings. The van der Waals surface area contributed by atoms with Gasteiger partial charge in [-0.3, -0.25) is 4.98 Å². The third kappa shape index (κ3) is 2.54. The van der Waals surface area contributed by atoms with E-state index in [1.165, 1.54) is 12.5 Å². The summed E-state index contributed by atoms with van der Waals surface area (Å²) in [5.74, 6) is 0.351. The average molecular weight is 213 g/mol. The maximum absolute atomic E-state index is 11.3. The highest BCUT2D eigenvalue weighted by atomic mass is 32.2. The van der Waals surface area contributed by atoms with Gasteiger partial charge in [0.2, 0.25) is 0 Å². The molecule has 1 aromatic heterocycles. The molecule has 0 aliphatic rings. The summed E-state index contributed by atoms with van der Waals surface area (Å²) >= 11 is 0. The quantitative estimate of drug-likeness (QED) is 0.771. The second-order valence-electron chi connectivity index (χ2n) is 3.54. The smallest absolute Gasteiger partial charge is 0.177 e. The molecular formula is C10H15NO2S. The van der Waals surface area contributed by atoms with Crippen molar-refractivity contribution in [2.75, 3.05) is 6.26 Å². The minimum absolute atomic E-state index is 0.301. The first-order chi connectivity index (χ1) is 6.45. The highest BCUT2D eigenvalue weighted by Gasteiger charge is 2.10. The van der Waals surface area contributed by atoms with Crippen LogP contribution in [0.4, 0.5) is 0 Å². The highest BCUT2D eigenvalue weighted by Crippen LogP contribution is 2.20. The lowest BCUT2D eigenvalue weighted by Crippen LogP contribution is -2.00. The molecule has 3 nitrogen and oxygen atoms in total. The topological polar surface area (TPSA) is 47.0 Å². The van der Waals surface area contributed by atoms with Crippen molar-refractivity contribution in [1.82, 2.24) is 4.98 Å². The summed E-state index contributed by atoms with van der Waals surface area (Å²) in [7, 11) is -3.13. The van der Waals surface area contributed by atoms with Crippen LogP contribution in [0.1, 0.15) is 31.7 Å². The van der Waals surface area contributed by atoms with Crippen LogP contribution in [0, 0.1) is 0 Å². The molecule has 0 radical (unpaired) electrons. The lowest BCUT2D eigenvalue weighted by Gasteiger charge is -2.08. The average Bonchev–Trinajstić information content (AvgIpc) is 2.15. The van der Waals surface area contributed by atoms with E-state index in [0.717, 1.165) is 12.0 Å². The number of nitrogens with zero attached hydrogens (tertiary/aromatic N) is 1. The summed E-state index contributed by atoms with van der Waals surface area (Å²) < 4.78 is 22.5. The van der Waals surface area contributed by atoms with Crippen LogP contribution < -0.4 is 0 Å². The zero-order chi connectivity index (χ0) is 10.8. The van der Waals surface area contributed by atoms with E-state index in [1.807, 2.05) is 0 Å². The summed E-state index contributed by atoms with van der Waals surface area (Å²) in [4.78, 5) is 4.24. The Morgan fingerprint density at radius 1 is 1.43 bits per heavy atom. The molecule has 0 amide bonds. The third-order valence-electron chi connectivity index (χ3n) is 2.34. The maximum Gasteiger partial charge on any atom is 0.177 e. The predicted octanol–water partition coefficient (Wildman–Crippen LogP) is 2.00. The van der Waals surface area contributed by atoms with Crippen LogP contribution in [0.3, 0.4) is 0 Å². The molecule has 0 aromatic carbocycles. The van der Waals surface area contributed by atoms with Crippen molar-refractivity contribution in [3.63, 3.8) is 0 Å². The van der Waals surface area contributed by atoms with E-state index in [1.54, 1.807) is 12.3 Å². The maximum atomic E-state index is 11.3. The summed E-state index contributed by atoms with van der Waals surface area (Å²) in [5.41, 5.74) is 0.982. The number of hydrogen-bond acceptors (Lipinski definition) is 3. The number of pyridine rings is 1. The van der Waals surface area contributed by atoms with Gasteiger partial charge in [0, 0.05) is 18.6 Å². The molecule has 1 heterocycles. The molecule has 0 spiro atoms. The molecule has 78 valence electrons. The fraction of sp³-hybridized carbons (Fsp3) is 0.500. The van der Waals surface area contributed by atoms with Crippen LogP contribution in [-0.4, -0.2) is 19.7 Å². The monoisotopic (exact) mass is 213 g/mol. The standard InChI is InChI=1S/C10H15NO2S/c1-4-8(2)9-5-10(7-11-6-9)14(3,12)13/h5-8H,4H2,1-3H3. The van der Waals surface area contributed by atoms with Crippen LogP contribution >= 0.6 is 0 Å². The Labute approximate surface area is 85.1 Å². The number of aromatic nitrogens is 1. The molecule has 1 unspecified atom stereocenters. The van der Waals surface area contributed by atoms with Gasteiger partial charge in [0.15, 0.2) is 9.84 Å². The van der Waals surface area contributed by atoms with Gasteiger partial charge >= 0.3 is 0 Å². The Balaban J connectivity index is 3.14. The third-order valence-corrected chi connectivity index (χ3v) is 3.42. The van der Waals surface area contributed by atoms with E-state index in [9.17, 15) is 8.42 Å². The Hall–Kier alpha value is -0.900. The van der Waals surface area contributed by atoms with Crippen LogP contribution in [-0.2, 0) is 9.84 Å². The van der Waals surface area contributed by atoms with Crippen molar-refractivity contribution in [2.24, 2.45) is 0 Å². The lowest BCUT2D eigenvalue weighted by atomic mass is 10.0. The fourth-order valence-electron chi connectivity index (χ4n) is 1.14. The predicted molar refractivity (Wildman–Crippen MR) is 56.1 cm³/mol. The minimum Gasteiger partial charge on any atom is -0.263 e. The van der Waals surface area contributed by atoms with Gasteiger partial charge in [-0.2, -0.15) is 0 Å². The molecule has 4 heteroatoms. The first kappa shape index (κ1) is 11.2. The SMILES string of the molecule is CCC(C)c1cncc(S(C)(=O)=O)c1. The normalized spacial score (nSPS) is 13.9. The van der Waals surface area contributed by atoms with E-state index >= 15 is 0 Å². The zero-order valence-corrected chi connectivity index (χ0v) is 9.50. The fourth-order valence-corrected chi connectivity index (χ4v) is 1.75. The van der Waals surface area contributed by atoms with Gasteiger partial charge in [-0.05, 0) is 24.0 Å². The van der Waals surface area contributed by atoms with Gasteiger partial charge in [0.05, 0.1) is 4.90 Å². The van der Waals surface area contributed by atoms with Gasteiger partial charge in [-0.15, -0.1) is 0 Å². The Bertz CT molecular complexity index is 412. The van der Waals surface area contributed by atoms with E-state index in [0.29, 0.717) is 10.8 Å². The molecule has 1 rings (SSSR count). The minimum atomic E-state index is -3.13. The van der Waals surface area contributed by atoms with E-state index in [-0.39, 0.29) is 0 Å². The van der Waals surface area contributed by atoms with Crippen LogP contribution in [0.2, 0.25) is 0 Å². The number of rotatable bonds is 3. The van der Waals surface area contributed by atoms with Crippen molar-refractivity contribution in [1.29, 1.82) is 0 Å². The van der Waals surface area contributed by atoms with Gasteiger partial charge in [-0.1, -0.05) is 13.8 Å². The summed E-state index contributed by atoms with van der Waals surface area (Å²) in [6.07, 6.45) is 5.30. The van der Waals surface area contributed by atoms with Gasteiger partial charge in [0.25, 0.3) is 0 Å². The summed E-state index contributed by atoms with van der Waals surface area (Å²) in [6.45, 7) is 4.13. The lowest BCUT2D eigenvalue weighted by molar-refractivity contribution is 0.601. The second kappa shape index (κ2) is 4.09. The van der Waals surface area contributed by atoms with Crippen molar-refractivity contribution < 1.29 is 8.42 Å². The zero-order valence-electron chi connectivity index (χ0n) is 8.69. The van der Waals surface area contributed by atoms with E-state index in [4.69, 9.17) is 0 Å². The molecular weight excluding hydrogens is 198 g/mol. The molecule has 0 saturated carbocycles. The van der Waals surface area contributed by atoms with Crippen molar-refractivity contribution in [2.45, 2.75) is 31.1 Å². The Morgan fingerprint density at radius 2 is 2.07 bits per heavy atom. The number of sulfone groups is 1. The first-order valence-corrected chi connectivity index (χ1v) is 6.49. The van der Waals surface area contributed by atoms with E-state index < -0.39 is 9.84 Å². The number of hydrogen-bond donors (Lipinski definition) is 0. The van der Waals surface area contributed by atoms with E-state index in [2.05, 4.69) is 18.8 Å². The molecule has 0 aliphatic heterocycles. The van der Waals surface area contributed by atoms with Crippen LogP contribution in [0.5, 0.6) is 0 Å². The molecule has 0 aliphatic carbocycles. The van der Waals surface area contributed by atoms with Crippen LogP contribution in [0.15, 0.2) is 23.4 Å². The Morgan fingerprint density at radius 3 is 2.57 bits per heavy atom. The second-order valence-corrected chi connectivity index (χ2v) is 5.55. The van der Waals surface area contributed by atoms with Gasteiger partial charge in [-0.25, -0.2) is 8.42 Å². The molecule has 1 aromatic rings. The van der Waals surface area contributed by atoms with Crippen molar-refractivity contribution in [3.05, 3.63) is 24.0 Å². The molecule has 0 bridgehead atoms.